The summed E-state index contributed by atoms with van der Waals surface area (Å²) in [6.07, 6.45) is 0. The van der Waals surface area contributed by atoms with E-state index in [0.29, 0.717) is 6.54 Å². The van der Waals surface area contributed by atoms with Gasteiger partial charge in [0, 0.05) is 17.1 Å². The molecule has 0 aliphatic heterocycles. The Morgan fingerprint density at radius 3 is 2.55 bits per heavy atom. The largest absolute Gasteiger partial charge is 0.288 e. The van der Waals surface area contributed by atoms with Crippen molar-refractivity contribution in [3.63, 3.8) is 0 Å². The first-order chi connectivity index (χ1) is 9.65. The Hall–Kier alpha value is -2.42. The van der Waals surface area contributed by atoms with E-state index in [1.54, 1.807) is 10.6 Å². The second kappa shape index (κ2) is 4.93. The summed E-state index contributed by atoms with van der Waals surface area (Å²) in [7, 11) is 0. The monoisotopic (exact) mass is 264 g/mol. The van der Waals surface area contributed by atoms with Crippen molar-refractivity contribution in [2.75, 3.05) is 0 Å². The molecule has 0 unspecified atom stereocenters. The van der Waals surface area contributed by atoms with Crippen molar-refractivity contribution in [2.45, 2.75) is 20.4 Å². The molecular formula is C17H16N2O. The average Bonchev–Trinajstić information content (AvgIpc) is 2.45. The predicted octanol–water partition coefficient (Wildman–Crippen LogP) is 3.06. The molecular weight excluding hydrogens is 248 g/mol. The van der Waals surface area contributed by atoms with Gasteiger partial charge in [0.1, 0.15) is 5.65 Å². The Morgan fingerprint density at radius 2 is 1.80 bits per heavy atom. The first kappa shape index (κ1) is 12.6. The van der Waals surface area contributed by atoms with Gasteiger partial charge in [-0.05, 0) is 37.1 Å². The summed E-state index contributed by atoms with van der Waals surface area (Å²) in [5, 5.41) is 1.00. The fourth-order valence-corrected chi connectivity index (χ4v) is 2.33. The van der Waals surface area contributed by atoms with E-state index in [1.165, 1.54) is 0 Å². The van der Waals surface area contributed by atoms with E-state index in [0.717, 1.165) is 27.9 Å². The van der Waals surface area contributed by atoms with Crippen LogP contribution in [0.2, 0.25) is 0 Å². The molecule has 0 aliphatic carbocycles. The van der Waals surface area contributed by atoms with Gasteiger partial charge in [-0.2, -0.15) is 0 Å². The first-order valence-corrected chi connectivity index (χ1v) is 6.67. The molecule has 0 amide bonds. The van der Waals surface area contributed by atoms with Crippen LogP contribution in [0.5, 0.6) is 0 Å². The van der Waals surface area contributed by atoms with Crippen molar-refractivity contribution in [3.8, 4) is 0 Å². The predicted molar refractivity (Wildman–Crippen MR) is 81.0 cm³/mol. The number of nitrogens with zero attached hydrogens (tertiary/aromatic N) is 2. The highest BCUT2D eigenvalue weighted by Crippen LogP contribution is 2.15. The molecule has 1 aromatic carbocycles. The topological polar surface area (TPSA) is 34.9 Å². The fraction of sp³-hybridized carbons (Fsp3) is 0.176. The van der Waals surface area contributed by atoms with Crippen LogP contribution in [-0.2, 0) is 6.54 Å². The normalized spacial score (nSPS) is 10.9. The van der Waals surface area contributed by atoms with E-state index in [2.05, 4.69) is 11.1 Å². The van der Waals surface area contributed by atoms with Gasteiger partial charge in [0.05, 0.1) is 6.54 Å². The van der Waals surface area contributed by atoms with Crippen molar-refractivity contribution >= 4 is 11.0 Å². The molecule has 3 aromatic rings. The van der Waals surface area contributed by atoms with Gasteiger partial charge >= 0.3 is 0 Å². The second-order valence-corrected chi connectivity index (χ2v) is 5.05. The highest BCUT2D eigenvalue weighted by Gasteiger charge is 2.07. The number of aromatic nitrogens is 2. The number of rotatable bonds is 2. The summed E-state index contributed by atoms with van der Waals surface area (Å²) >= 11 is 0. The molecule has 2 heterocycles. The number of pyridine rings is 2. The minimum absolute atomic E-state index is 0.0166. The summed E-state index contributed by atoms with van der Waals surface area (Å²) in [5.41, 5.74) is 3.94. The van der Waals surface area contributed by atoms with Crippen molar-refractivity contribution in [1.29, 1.82) is 0 Å². The van der Waals surface area contributed by atoms with Crippen molar-refractivity contribution in [3.05, 3.63) is 75.7 Å². The molecule has 2 aromatic heterocycles. The first-order valence-electron chi connectivity index (χ1n) is 6.67. The lowest BCUT2D eigenvalue weighted by atomic mass is 10.1. The maximum atomic E-state index is 12.2. The molecule has 3 heteroatoms. The van der Waals surface area contributed by atoms with Crippen LogP contribution in [0.1, 0.15) is 16.8 Å². The van der Waals surface area contributed by atoms with Gasteiger partial charge in [0.2, 0.25) is 0 Å². The third-order valence-electron chi connectivity index (χ3n) is 3.59. The van der Waals surface area contributed by atoms with E-state index < -0.39 is 0 Å². The van der Waals surface area contributed by atoms with Crippen LogP contribution in [0.15, 0.2) is 53.3 Å². The number of hydrogen-bond acceptors (Lipinski definition) is 2. The van der Waals surface area contributed by atoms with Crippen molar-refractivity contribution in [1.82, 2.24) is 9.55 Å². The van der Waals surface area contributed by atoms with E-state index in [1.807, 2.05) is 50.2 Å². The van der Waals surface area contributed by atoms with Crippen LogP contribution in [-0.4, -0.2) is 9.55 Å². The standard InChI is InChI=1S/C17H16N2O/c1-12-10-15-8-9-16(20)19(17(15)18-13(12)2)11-14-6-4-3-5-7-14/h3-10H,11H2,1-2H3. The Bertz CT molecular complexity index is 820. The SMILES string of the molecule is Cc1cc2ccc(=O)n(Cc3ccccc3)c2nc1C. The van der Waals surface area contributed by atoms with Crippen LogP contribution in [0.3, 0.4) is 0 Å². The molecule has 0 N–H and O–H groups in total. The smallest absolute Gasteiger partial charge is 0.252 e. The lowest BCUT2D eigenvalue weighted by Crippen LogP contribution is -2.21. The fourth-order valence-electron chi connectivity index (χ4n) is 2.33. The number of benzene rings is 1. The highest BCUT2D eigenvalue weighted by atomic mass is 16.1. The van der Waals surface area contributed by atoms with Crippen LogP contribution in [0.4, 0.5) is 0 Å². The Labute approximate surface area is 117 Å². The van der Waals surface area contributed by atoms with Crippen molar-refractivity contribution < 1.29 is 0 Å². The number of hydrogen-bond donors (Lipinski definition) is 0. The van der Waals surface area contributed by atoms with Crippen molar-refractivity contribution in [2.24, 2.45) is 0 Å². The minimum Gasteiger partial charge on any atom is -0.288 e. The molecule has 0 radical (unpaired) electrons. The molecule has 20 heavy (non-hydrogen) atoms. The summed E-state index contributed by atoms with van der Waals surface area (Å²) < 4.78 is 1.73. The highest BCUT2D eigenvalue weighted by molar-refractivity contribution is 5.76. The lowest BCUT2D eigenvalue weighted by molar-refractivity contribution is 0.781. The molecule has 0 spiro atoms. The maximum Gasteiger partial charge on any atom is 0.252 e. The molecule has 0 atom stereocenters. The lowest BCUT2D eigenvalue weighted by Gasteiger charge is -2.11. The summed E-state index contributed by atoms with van der Waals surface area (Å²) in [4.78, 5) is 16.8. The maximum absolute atomic E-state index is 12.2. The molecule has 0 aliphatic rings. The van der Waals surface area contributed by atoms with Gasteiger partial charge in [-0.25, -0.2) is 4.98 Å². The number of fused-ring (bicyclic) bond motifs is 1. The molecule has 3 nitrogen and oxygen atoms in total. The molecule has 100 valence electrons. The molecule has 0 bridgehead atoms. The van der Waals surface area contributed by atoms with Gasteiger partial charge in [-0.15, -0.1) is 0 Å². The Balaban J connectivity index is 2.21. The van der Waals surface area contributed by atoms with Gasteiger partial charge in [0.25, 0.3) is 5.56 Å². The zero-order valence-corrected chi connectivity index (χ0v) is 11.6. The van der Waals surface area contributed by atoms with Gasteiger partial charge < -0.3 is 0 Å². The molecule has 0 saturated carbocycles. The quantitative estimate of drug-likeness (QED) is 0.713. The van der Waals surface area contributed by atoms with Crippen LogP contribution in [0.25, 0.3) is 11.0 Å². The van der Waals surface area contributed by atoms with E-state index in [4.69, 9.17) is 0 Å². The zero-order chi connectivity index (χ0) is 14.1. The summed E-state index contributed by atoms with van der Waals surface area (Å²) in [6.45, 7) is 4.56. The van der Waals surface area contributed by atoms with Gasteiger partial charge in [0.15, 0.2) is 0 Å². The minimum atomic E-state index is -0.0166. The van der Waals surface area contributed by atoms with Crippen LogP contribution < -0.4 is 5.56 Å². The third-order valence-corrected chi connectivity index (χ3v) is 3.59. The van der Waals surface area contributed by atoms with E-state index >= 15 is 0 Å². The summed E-state index contributed by atoms with van der Waals surface area (Å²) in [5.74, 6) is 0. The second-order valence-electron chi connectivity index (χ2n) is 5.05. The average molecular weight is 264 g/mol. The molecule has 0 fully saturated rings. The van der Waals surface area contributed by atoms with E-state index in [-0.39, 0.29) is 5.56 Å². The Kier molecular flexibility index (Phi) is 3.11. The van der Waals surface area contributed by atoms with E-state index in [9.17, 15) is 4.79 Å². The van der Waals surface area contributed by atoms with Crippen LogP contribution >= 0.6 is 0 Å². The molecule has 0 saturated heterocycles. The zero-order valence-electron chi connectivity index (χ0n) is 11.6. The van der Waals surface area contributed by atoms with Gasteiger partial charge in [-0.1, -0.05) is 30.3 Å². The van der Waals surface area contributed by atoms with Gasteiger partial charge in [-0.3, -0.25) is 9.36 Å². The number of aryl methyl sites for hydroxylation is 2. The molecule has 3 rings (SSSR count). The Morgan fingerprint density at radius 1 is 1.05 bits per heavy atom. The summed E-state index contributed by atoms with van der Waals surface area (Å²) in [6, 6.07) is 15.5. The van der Waals surface area contributed by atoms with Crippen LogP contribution in [0, 0.1) is 13.8 Å². The third kappa shape index (κ3) is 2.23.